The summed E-state index contributed by atoms with van der Waals surface area (Å²) in [6.07, 6.45) is 0.356. The maximum Gasteiger partial charge on any atom is 0.292 e. The monoisotopic (exact) mass is 208 g/mol. The Morgan fingerprint density at radius 1 is 1.67 bits per heavy atom. The van der Waals surface area contributed by atoms with Crippen LogP contribution >= 0.6 is 0 Å². The van der Waals surface area contributed by atoms with Crippen LogP contribution in [-0.4, -0.2) is 27.5 Å². The van der Waals surface area contributed by atoms with Gasteiger partial charge in [0.25, 0.3) is 5.69 Å². The second-order valence-corrected chi connectivity index (χ2v) is 3.09. The van der Waals surface area contributed by atoms with E-state index in [0.29, 0.717) is 11.5 Å². The number of nitrogens with one attached hydrogen (secondary N) is 1. The summed E-state index contributed by atoms with van der Waals surface area (Å²) < 4.78 is 0. The minimum atomic E-state index is -0.897. The normalized spacial score (nSPS) is 18.1. The molecule has 1 aromatic rings. The number of aliphatic hydroxyl groups excluding tert-OH is 1. The number of fused-ring (bicyclic) bond motifs is 1. The fourth-order valence-corrected chi connectivity index (χ4v) is 1.30. The minimum absolute atomic E-state index is 0.0795. The first-order valence-corrected chi connectivity index (χ1v) is 4.23. The van der Waals surface area contributed by atoms with Crippen LogP contribution in [0.4, 0.5) is 17.2 Å². The SMILES string of the molecule is Cc1nc2c(cc1[N+](=O)[O-])N=CC(O)N2. The zero-order valence-corrected chi connectivity index (χ0v) is 7.84. The van der Waals surface area contributed by atoms with Crippen LogP contribution in [0.1, 0.15) is 5.69 Å². The number of anilines is 1. The third-order valence-corrected chi connectivity index (χ3v) is 2.00. The first kappa shape index (κ1) is 9.53. The van der Waals surface area contributed by atoms with Gasteiger partial charge in [-0.3, -0.25) is 15.1 Å². The number of pyridine rings is 1. The van der Waals surface area contributed by atoms with Gasteiger partial charge in [0.2, 0.25) is 0 Å². The summed E-state index contributed by atoms with van der Waals surface area (Å²) in [5, 5.41) is 22.4. The van der Waals surface area contributed by atoms with Crippen LogP contribution in [0.15, 0.2) is 11.1 Å². The second kappa shape index (κ2) is 3.28. The van der Waals surface area contributed by atoms with Crippen molar-refractivity contribution in [3.63, 3.8) is 0 Å². The number of aliphatic imine (C=N–C) groups is 1. The third-order valence-electron chi connectivity index (χ3n) is 2.00. The van der Waals surface area contributed by atoms with Crippen LogP contribution < -0.4 is 5.32 Å². The molecule has 2 rings (SSSR count). The van der Waals surface area contributed by atoms with E-state index in [-0.39, 0.29) is 11.4 Å². The average molecular weight is 208 g/mol. The molecule has 1 aromatic heterocycles. The average Bonchev–Trinajstić information content (AvgIpc) is 2.15. The van der Waals surface area contributed by atoms with Crippen molar-refractivity contribution in [2.75, 3.05) is 5.32 Å². The van der Waals surface area contributed by atoms with E-state index in [1.165, 1.54) is 19.2 Å². The lowest BCUT2D eigenvalue weighted by atomic mass is 10.2. The highest BCUT2D eigenvalue weighted by Gasteiger charge is 2.19. The molecule has 2 heterocycles. The molecule has 0 bridgehead atoms. The Morgan fingerprint density at radius 3 is 3.07 bits per heavy atom. The van der Waals surface area contributed by atoms with Crippen molar-refractivity contribution in [2.24, 2.45) is 4.99 Å². The molecule has 2 N–H and O–H groups in total. The molecule has 1 aliphatic heterocycles. The molecule has 78 valence electrons. The summed E-state index contributed by atoms with van der Waals surface area (Å²) in [4.78, 5) is 17.9. The lowest BCUT2D eigenvalue weighted by molar-refractivity contribution is -0.385. The molecule has 0 spiro atoms. The molecule has 0 saturated heterocycles. The Kier molecular flexibility index (Phi) is 2.09. The summed E-state index contributed by atoms with van der Waals surface area (Å²) in [5.41, 5.74) is 0.567. The zero-order chi connectivity index (χ0) is 11.0. The molecule has 7 nitrogen and oxygen atoms in total. The van der Waals surface area contributed by atoms with Gasteiger partial charge in [0, 0.05) is 6.07 Å². The van der Waals surface area contributed by atoms with Gasteiger partial charge >= 0.3 is 0 Å². The second-order valence-electron chi connectivity index (χ2n) is 3.09. The van der Waals surface area contributed by atoms with Crippen LogP contribution in [0.2, 0.25) is 0 Å². The lowest BCUT2D eigenvalue weighted by Gasteiger charge is -2.15. The Balaban J connectivity index is 2.53. The molecule has 0 fully saturated rings. The van der Waals surface area contributed by atoms with Gasteiger partial charge in [-0.15, -0.1) is 0 Å². The van der Waals surface area contributed by atoms with Crippen molar-refractivity contribution in [2.45, 2.75) is 13.2 Å². The van der Waals surface area contributed by atoms with Crippen LogP contribution in [0, 0.1) is 17.0 Å². The Hall–Kier alpha value is -2.02. The van der Waals surface area contributed by atoms with E-state index in [1.807, 2.05) is 0 Å². The van der Waals surface area contributed by atoms with E-state index in [2.05, 4.69) is 15.3 Å². The molecule has 0 aliphatic carbocycles. The number of hydrogen-bond acceptors (Lipinski definition) is 6. The highest BCUT2D eigenvalue weighted by Crippen LogP contribution is 2.31. The summed E-state index contributed by atoms with van der Waals surface area (Å²) in [6, 6.07) is 1.33. The van der Waals surface area contributed by atoms with Gasteiger partial charge in [-0.1, -0.05) is 0 Å². The third kappa shape index (κ3) is 1.64. The predicted molar refractivity (Wildman–Crippen MR) is 53.4 cm³/mol. The van der Waals surface area contributed by atoms with Gasteiger partial charge in [-0.2, -0.15) is 0 Å². The number of aryl methyl sites for hydroxylation is 1. The van der Waals surface area contributed by atoms with Gasteiger partial charge in [0.05, 0.1) is 11.1 Å². The summed E-state index contributed by atoms with van der Waals surface area (Å²) >= 11 is 0. The molecule has 0 aromatic carbocycles. The van der Waals surface area contributed by atoms with E-state index >= 15 is 0 Å². The van der Waals surface area contributed by atoms with Crippen LogP contribution in [0.5, 0.6) is 0 Å². The molecule has 0 amide bonds. The fraction of sp³-hybridized carbons (Fsp3) is 0.250. The fourth-order valence-electron chi connectivity index (χ4n) is 1.30. The largest absolute Gasteiger partial charge is 0.369 e. The molecular weight excluding hydrogens is 200 g/mol. The van der Waals surface area contributed by atoms with Gasteiger partial charge in [-0.25, -0.2) is 4.98 Å². The molecule has 1 aliphatic rings. The highest BCUT2D eigenvalue weighted by molar-refractivity contribution is 5.81. The van der Waals surface area contributed by atoms with Gasteiger partial charge in [0.15, 0.2) is 12.0 Å². The van der Waals surface area contributed by atoms with Crippen molar-refractivity contribution < 1.29 is 10.0 Å². The maximum absolute atomic E-state index is 10.6. The number of aromatic nitrogens is 1. The van der Waals surface area contributed by atoms with Gasteiger partial charge < -0.3 is 10.4 Å². The molecule has 1 unspecified atom stereocenters. The van der Waals surface area contributed by atoms with Crippen molar-refractivity contribution in [1.29, 1.82) is 0 Å². The molecule has 0 saturated carbocycles. The smallest absolute Gasteiger partial charge is 0.292 e. The Bertz CT molecular complexity index is 457. The first-order valence-electron chi connectivity index (χ1n) is 4.23. The zero-order valence-electron chi connectivity index (χ0n) is 7.84. The van der Waals surface area contributed by atoms with Crippen LogP contribution in [0.3, 0.4) is 0 Å². The van der Waals surface area contributed by atoms with Crippen LogP contribution in [-0.2, 0) is 0 Å². The van der Waals surface area contributed by atoms with Crippen molar-refractivity contribution in [1.82, 2.24) is 4.98 Å². The molecule has 7 heteroatoms. The van der Waals surface area contributed by atoms with E-state index in [1.54, 1.807) is 0 Å². The van der Waals surface area contributed by atoms with Crippen molar-refractivity contribution in [3.8, 4) is 0 Å². The minimum Gasteiger partial charge on any atom is -0.369 e. The van der Waals surface area contributed by atoms with E-state index in [0.717, 1.165) is 0 Å². The topological polar surface area (TPSA) is 101 Å². The van der Waals surface area contributed by atoms with E-state index < -0.39 is 11.2 Å². The standard InChI is InChI=1S/C8H8N4O3/c1-4-6(12(14)15)2-5-8(10-4)11-7(13)3-9-5/h2-3,7,13H,1H3,(H,10,11). The lowest BCUT2D eigenvalue weighted by Crippen LogP contribution is -2.23. The molecular formula is C8H8N4O3. The van der Waals surface area contributed by atoms with E-state index in [4.69, 9.17) is 0 Å². The highest BCUT2D eigenvalue weighted by atomic mass is 16.6. The summed E-state index contributed by atoms with van der Waals surface area (Å²) in [5.74, 6) is 0.355. The number of hydrogen-bond donors (Lipinski definition) is 2. The number of nitrogens with zero attached hydrogens (tertiary/aromatic N) is 3. The maximum atomic E-state index is 10.6. The molecule has 1 atom stereocenters. The molecule has 15 heavy (non-hydrogen) atoms. The van der Waals surface area contributed by atoms with E-state index in [9.17, 15) is 15.2 Å². The summed E-state index contributed by atoms with van der Waals surface area (Å²) in [6.45, 7) is 1.53. The van der Waals surface area contributed by atoms with Crippen LogP contribution in [0.25, 0.3) is 0 Å². The van der Waals surface area contributed by atoms with Gasteiger partial charge in [0.1, 0.15) is 11.4 Å². The summed E-state index contributed by atoms with van der Waals surface area (Å²) in [7, 11) is 0. The number of aliphatic hydroxyl groups is 1. The molecule has 0 radical (unpaired) electrons. The Morgan fingerprint density at radius 2 is 2.40 bits per heavy atom. The number of nitro groups is 1. The van der Waals surface area contributed by atoms with Gasteiger partial charge in [-0.05, 0) is 6.92 Å². The predicted octanol–water partition coefficient (Wildman–Crippen LogP) is 0.744. The Labute approximate surface area is 84.6 Å². The quantitative estimate of drug-likeness (QED) is 0.523. The first-order chi connectivity index (χ1) is 7.08. The van der Waals surface area contributed by atoms with Crippen molar-refractivity contribution >= 4 is 23.4 Å². The number of rotatable bonds is 1. The van der Waals surface area contributed by atoms with Crippen molar-refractivity contribution in [3.05, 3.63) is 21.9 Å².